The number of aryl methyl sites for hydroxylation is 1. The van der Waals surface area contributed by atoms with Crippen molar-refractivity contribution in [1.82, 2.24) is 10.2 Å². The van der Waals surface area contributed by atoms with Crippen molar-refractivity contribution in [3.05, 3.63) is 75.8 Å². The van der Waals surface area contributed by atoms with Gasteiger partial charge < -0.3 is 20.3 Å². The summed E-state index contributed by atoms with van der Waals surface area (Å²) in [7, 11) is 0. The van der Waals surface area contributed by atoms with Gasteiger partial charge in [0, 0.05) is 18.3 Å². The second kappa shape index (κ2) is 10.3. The lowest BCUT2D eigenvalue weighted by Crippen LogP contribution is -2.56. The number of halogens is 2. The van der Waals surface area contributed by atoms with E-state index in [0.29, 0.717) is 15.7 Å². The van der Waals surface area contributed by atoms with Crippen molar-refractivity contribution >= 4 is 46.6 Å². The van der Waals surface area contributed by atoms with Gasteiger partial charge in [-0.25, -0.2) is 0 Å². The van der Waals surface area contributed by atoms with Crippen LogP contribution in [0.25, 0.3) is 0 Å². The van der Waals surface area contributed by atoms with E-state index in [1.807, 2.05) is 43.3 Å². The molecule has 2 saturated heterocycles. The third-order valence-corrected chi connectivity index (χ3v) is 9.28. The highest BCUT2D eigenvalue weighted by Gasteiger charge is 2.72. The topological polar surface area (TPSA) is 87.7 Å². The zero-order chi connectivity index (χ0) is 27.3. The maximum absolute atomic E-state index is 14.1. The van der Waals surface area contributed by atoms with Crippen LogP contribution < -0.4 is 10.6 Å². The van der Waals surface area contributed by atoms with Crippen LogP contribution in [0.1, 0.15) is 43.2 Å². The predicted octanol–water partition coefficient (Wildman–Crippen LogP) is 5.04. The minimum atomic E-state index is -1.20. The molecule has 3 heterocycles. The molecule has 39 heavy (non-hydrogen) atoms. The summed E-state index contributed by atoms with van der Waals surface area (Å²) in [5.41, 5.74) is 1.29. The Morgan fingerprint density at radius 3 is 2.49 bits per heavy atom. The average Bonchev–Trinajstić information content (AvgIpc) is 3.56. The smallest absolute Gasteiger partial charge is 0.246 e. The molecule has 9 heteroatoms. The molecule has 4 aliphatic rings. The van der Waals surface area contributed by atoms with Crippen LogP contribution in [0.4, 0.5) is 5.69 Å². The first kappa shape index (κ1) is 26.4. The van der Waals surface area contributed by atoms with Crippen LogP contribution in [0.15, 0.2) is 54.6 Å². The van der Waals surface area contributed by atoms with Crippen LogP contribution in [0.5, 0.6) is 0 Å². The highest BCUT2D eigenvalue weighted by Crippen LogP contribution is 2.55. The number of carbonyl (C=O) groups excluding carboxylic acids is 3. The van der Waals surface area contributed by atoms with Gasteiger partial charge in [0.2, 0.25) is 17.7 Å². The van der Waals surface area contributed by atoms with Crippen molar-refractivity contribution in [2.75, 3.05) is 5.32 Å². The summed E-state index contributed by atoms with van der Waals surface area (Å²) in [5.74, 6) is -2.43. The van der Waals surface area contributed by atoms with Gasteiger partial charge in [0.25, 0.3) is 0 Å². The summed E-state index contributed by atoms with van der Waals surface area (Å²) >= 11 is 12.2. The highest BCUT2D eigenvalue weighted by molar-refractivity contribution is 6.42. The number of carbonyl (C=O) groups is 3. The van der Waals surface area contributed by atoms with Gasteiger partial charge in [-0.3, -0.25) is 14.4 Å². The molecule has 1 spiro atoms. The maximum atomic E-state index is 14.1. The number of amides is 3. The Morgan fingerprint density at radius 1 is 1.03 bits per heavy atom. The minimum absolute atomic E-state index is 0.0781. The van der Waals surface area contributed by atoms with E-state index in [1.165, 1.54) is 6.42 Å². The van der Waals surface area contributed by atoms with Crippen molar-refractivity contribution in [2.24, 2.45) is 11.8 Å². The number of likely N-dealkylation sites (tertiary alicyclic amines) is 1. The van der Waals surface area contributed by atoms with Crippen LogP contribution in [-0.4, -0.2) is 46.4 Å². The molecule has 6 rings (SSSR count). The van der Waals surface area contributed by atoms with E-state index in [9.17, 15) is 14.4 Å². The van der Waals surface area contributed by atoms with Crippen LogP contribution in [0.2, 0.25) is 10.0 Å². The van der Waals surface area contributed by atoms with Gasteiger partial charge in [-0.05, 0) is 43.5 Å². The molecule has 0 radical (unpaired) electrons. The van der Waals surface area contributed by atoms with Crippen LogP contribution in [0.3, 0.4) is 0 Å². The zero-order valence-electron chi connectivity index (χ0n) is 21.7. The molecule has 2 N–H and O–H groups in total. The number of benzene rings is 2. The molecule has 3 amide bonds. The van der Waals surface area contributed by atoms with Gasteiger partial charge in [-0.1, -0.05) is 84.4 Å². The number of anilines is 1. The molecule has 5 atom stereocenters. The summed E-state index contributed by atoms with van der Waals surface area (Å²) < 4.78 is 6.44. The molecular weight excluding hydrogens is 537 g/mol. The molecule has 7 nitrogen and oxygen atoms in total. The number of ether oxygens (including phenoxy) is 1. The monoisotopic (exact) mass is 567 g/mol. The summed E-state index contributed by atoms with van der Waals surface area (Å²) in [6, 6.07) is 11.9. The average molecular weight is 569 g/mol. The molecule has 0 aromatic heterocycles. The molecule has 2 bridgehead atoms. The van der Waals surface area contributed by atoms with E-state index < -0.39 is 29.6 Å². The fourth-order valence-electron chi connectivity index (χ4n) is 6.65. The molecule has 3 aliphatic heterocycles. The Kier molecular flexibility index (Phi) is 6.94. The number of hydrogen-bond acceptors (Lipinski definition) is 4. The van der Waals surface area contributed by atoms with Crippen LogP contribution >= 0.6 is 23.2 Å². The van der Waals surface area contributed by atoms with E-state index in [2.05, 4.69) is 10.6 Å². The molecule has 2 aromatic rings. The molecule has 1 aliphatic carbocycles. The molecular formula is C30H31Cl2N3O4. The van der Waals surface area contributed by atoms with Gasteiger partial charge in [0.15, 0.2) is 0 Å². The van der Waals surface area contributed by atoms with E-state index in [4.69, 9.17) is 27.9 Å². The van der Waals surface area contributed by atoms with Crippen LogP contribution in [0, 0.1) is 18.8 Å². The van der Waals surface area contributed by atoms with E-state index in [1.54, 1.807) is 23.1 Å². The van der Waals surface area contributed by atoms with Gasteiger partial charge in [0.1, 0.15) is 11.6 Å². The van der Waals surface area contributed by atoms with Crippen molar-refractivity contribution in [3.8, 4) is 0 Å². The van der Waals surface area contributed by atoms with Crippen molar-refractivity contribution in [2.45, 2.75) is 69.4 Å². The Hall–Kier alpha value is -2.87. The second-order valence-corrected chi connectivity index (χ2v) is 11.9. The Bertz CT molecular complexity index is 1340. The first-order valence-corrected chi connectivity index (χ1v) is 14.3. The highest BCUT2D eigenvalue weighted by atomic mass is 35.5. The first-order chi connectivity index (χ1) is 18.8. The molecule has 204 valence electrons. The number of rotatable bonds is 6. The minimum Gasteiger partial charge on any atom is -0.359 e. The van der Waals surface area contributed by atoms with E-state index >= 15 is 0 Å². The SMILES string of the molecule is Cc1ccc(CN2C(=O)[C@H]3[C@@H](C(=O)Nc4ccc(Cl)c(Cl)c4)[C@H]4C=C[C@@]3(O4)[C@H]2C(=O)NC2CCCCC2)cc1. The summed E-state index contributed by atoms with van der Waals surface area (Å²) in [5, 5.41) is 6.79. The van der Waals surface area contributed by atoms with Crippen molar-refractivity contribution in [3.63, 3.8) is 0 Å². The number of nitrogens with one attached hydrogen (secondary N) is 2. The molecule has 2 aromatic carbocycles. The third kappa shape index (κ3) is 4.64. The predicted molar refractivity (Wildman–Crippen MR) is 149 cm³/mol. The molecule has 0 unspecified atom stereocenters. The normalized spacial score (nSPS) is 29.5. The first-order valence-electron chi connectivity index (χ1n) is 13.6. The van der Waals surface area contributed by atoms with Gasteiger partial charge in [-0.2, -0.15) is 0 Å². The lowest BCUT2D eigenvalue weighted by atomic mass is 9.74. The standard InChI is InChI=1S/C30H31Cl2N3O4/c1-17-7-9-18(10-8-17)16-35-26(28(37)33-19-5-3-2-4-6-19)30-14-13-23(39-30)24(25(30)29(35)38)27(36)34-20-11-12-21(31)22(32)15-20/h7-15,19,23-26H,2-6,16H2,1H3,(H,33,37)(H,34,36)/t23-,24+,25-,26-,30+/m1/s1. The maximum Gasteiger partial charge on any atom is 0.246 e. The van der Waals surface area contributed by atoms with Gasteiger partial charge in [-0.15, -0.1) is 0 Å². The molecule has 1 saturated carbocycles. The van der Waals surface area contributed by atoms with E-state index in [0.717, 1.165) is 36.8 Å². The number of hydrogen-bond donors (Lipinski definition) is 2. The number of nitrogens with zero attached hydrogens (tertiary/aromatic N) is 1. The van der Waals surface area contributed by atoms with Crippen molar-refractivity contribution in [1.29, 1.82) is 0 Å². The number of fused-ring (bicyclic) bond motifs is 1. The third-order valence-electron chi connectivity index (χ3n) is 8.54. The largest absolute Gasteiger partial charge is 0.359 e. The lowest BCUT2D eigenvalue weighted by Gasteiger charge is -2.34. The molecule has 3 fully saturated rings. The van der Waals surface area contributed by atoms with Gasteiger partial charge in [0.05, 0.1) is 28.0 Å². The summed E-state index contributed by atoms with van der Waals surface area (Å²) in [6.45, 7) is 2.26. The van der Waals surface area contributed by atoms with Crippen molar-refractivity contribution < 1.29 is 19.1 Å². The Labute approximate surface area is 237 Å². The fourth-order valence-corrected chi connectivity index (χ4v) is 6.95. The fraction of sp³-hybridized carbons (Fsp3) is 0.433. The quantitative estimate of drug-likeness (QED) is 0.478. The summed E-state index contributed by atoms with van der Waals surface area (Å²) in [6.07, 6.45) is 8.22. The second-order valence-electron chi connectivity index (χ2n) is 11.1. The zero-order valence-corrected chi connectivity index (χ0v) is 23.2. The Balaban J connectivity index is 1.32. The van der Waals surface area contributed by atoms with Gasteiger partial charge >= 0.3 is 0 Å². The summed E-state index contributed by atoms with van der Waals surface area (Å²) in [4.78, 5) is 43.3. The lowest BCUT2D eigenvalue weighted by molar-refractivity contribution is -0.142. The Morgan fingerprint density at radius 2 is 1.77 bits per heavy atom. The van der Waals surface area contributed by atoms with E-state index in [-0.39, 0.29) is 30.3 Å². The van der Waals surface area contributed by atoms with Crippen LogP contribution in [-0.2, 0) is 25.7 Å².